The molecule has 0 aromatic heterocycles. The second-order valence-electron chi connectivity index (χ2n) is 11.0. The molecule has 0 saturated heterocycles. The molecule has 0 spiro atoms. The third-order valence-electron chi connectivity index (χ3n) is 6.23. The summed E-state index contributed by atoms with van der Waals surface area (Å²) in [6.45, 7) is 6.36. The number of nitrogens with one attached hydrogen (secondary N) is 1. The molecule has 0 aliphatic carbocycles. The van der Waals surface area contributed by atoms with Gasteiger partial charge in [0, 0.05) is 29.1 Å². The Morgan fingerprint density at radius 1 is 0.902 bits per heavy atom. The molecule has 41 heavy (non-hydrogen) atoms. The molecule has 218 valence electrons. The zero-order valence-electron chi connectivity index (χ0n) is 23.9. The molecule has 0 aliphatic rings. The largest absolute Gasteiger partial charge is 0.350 e. The minimum atomic E-state index is -3.95. The summed E-state index contributed by atoms with van der Waals surface area (Å²) in [6.07, 6.45) is 1.20. The minimum Gasteiger partial charge on any atom is -0.350 e. The molecular formula is C31H36ClN3O5S. The predicted molar refractivity (Wildman–Crippen MR) is 162 cm³/mol. The third kappa shape index (κ3) is 9.43. The van der Waals surface area contributed by atoms with E-state index in [1.807, 2.05) is 51.1 Å². The van der Waals surface area contributed by atoms with Crippen LogP contribution in [0.25, 0.3) is 0 Å². The van der Waals surface area contributed by atoms with Crippen molar-refractivity contribution in [2.45, 2.75) is 52.2 Å². The van der Waals surface area contributed by atoms with E-state index in [-0.39, 0.29) is 30.3 Å². The van der Waals surface area contributed by atoms with E-state index in [1.54, 1.807) is 36.4 Å². The van der Waals surface area contributed by atoms with Crippen molar-refractivity contribution >= 4 is 44.9 Å². The van der Waals surface area contributed by atoms with Crippen LogP contribution < -0.4 is 9.62 Å². The standard InChI is InChI=1S/C31H36ClN3O5S/c1-22(36)25-14-10-16-27(19-25)35(41(5,39)40)21-29(37)34(20-24-13-9-15-26(32)17-24)28(30(38)33-31(2,3)4)18-23-11-7-6-8-12-23/h6-17,19,28H,18,20-21H2,1-5H3,(H,33,38). The smallest absolute Gasteiger partial charge is 0.244 e. The van der Waals surface area contributed by atoms with Gasteiger partial charge in [0.25, 0.3) is 0 Å². The van der Waals surface area contributed by atoms with E-state index in [9.17, 15) is 22.8 Å². The summed E-state index contributed by atoms with van der Waals surface area (Å²) in [5.74, 6) is -1.20. The van der Waals surface area contributed by atoms with Crippen LogP contribution >= 0.6 is 11.6 Å². The zero-order valence-corrected chi connectivity index (χ0v) is 25.5. The van der Waals surface area contributed by atoms with Crippen LogP contribution in [0.15, 0.2) is 78.9 Å². The molecule has 8 nitrogen and oxygen atoms in total. The van der Waals surface area contributed by atoms with Crippen molar-refractivity contribution < 1.29 is 22.8 Å². The maximum absolute atomic E-state index is 14.1. The van der Waals surface area contributed by atoms with Gasteiger partial charge in [0.2, 0.25) is 21.8 Å². The number of benzene rings is 3. The van der Waals surface area contributed by atoms with Crippen LogP contribution in [0.2, 0.25) is 5.02 Å². The van der Waals surface area contributed by atoms with Crippen molar-refractivity contribution in [2.24, 2.45) is 0 Å². The Labute approximate surface area is 247 Å². The number of Topliss-reactive ketones (excluding diaryl/α,β-unsaturated/α-hetero) is 1. The first-order valence-electron chi connectivity index (χ1n) is 13.1. The van der Waals surface area contributed by atoms with Gasteiger partial charge in [0.15, 0.2) is 5.78 Å². The van der Waals surface area contributed by atoms with Gasteiger partial charge in [0.05, 0.1) is 11.9 Å². The van der Waals surface area contributed by atoms with Gasteiger partial charge in [-0.1, -0.05) is 66.2 Å². The van der Waals surface area contributed by atoms with Crippen LogP contribution in [0.3, 0.4) is 0 Å². The topological polar surface area (TPSA) is 104 Å². The minimum absolute atomic E-state index is 0.0134. The van der Waals surface area contributed by atoms with E-state index < -0.39 is 34.1 Å². The lowest BCUT2D eigenvalue weighted by Gasteiger charge is -2.35. The highest BCUT2D eigenvalue weighted by Crippen LogP contribution is 2.23. The molecule has 3 rings (SSSR count). The fourth-order valence-electron chi connectivity index (χ4n) is 4.33. The Bertz CT molecular complexity index is 1500. The van der Waals surface area contributed by atoms with Gasteiger partial charge >= 0.3 is 0 Å². The highest BCUT2D eigenvalue weighted by molar-refractivity contribution is 7.92. The molecule has 1 atom stereocenters. The highest BCUT2D eigenvalue weighted by atomic mass is 35.5. The summed E-state index contributed by atoms with van der Waals surface area (Å²) in [5.41, 5.74) is 1.42. The van der Waals surface area contributed by atoms with E-state index in [0.717, 1.165) is 16.1 Å². The van der Waals surface area contributed by atoms with Gasteiger partial charge in [-0.2, -0.15) is 0 Å². The Kier molecular flexibility index (Phi) is 10.3. The number of ketones is 1. The number of anilines is 1. The highest BCUT2D eigenvalue weighted by Gasteiger charge is 2.34. The van der Waals surface area contributed by atoms with Crippen molar-refractivity contribution in [3.63, 3.8) is 0 Å². The average molecular weight is 598 g/mol. The first kappa shape index (κ1) is 31.8. The van der Waals surface area contributed by atoms with Crippen molar-refractivity contribution in [1.82, 2.24) is 10.2 Å². The molecule has 0 fully saturated rings. The lowest BCUT2D eigenvalue weighted by Crippen LogP contribution is -2.56. The fourth-order valence-corrected chi connectivity index (χ4v) is 5.39. The Balaban J connectivity index is 2.09. The van der Waals surface area contributed by atoms with Crippen LogP contribution in [0.4, 0.5) is 5.69 Å². The van der Waals surface area contributed by atoms with Gasteiger partial charge < -0.3 is 10.2 Å². The van der Waals surface area contributed by atoms with Gasteiger partial charge in [-0.05, 0) is 63.1 Å². The molecule has 0 radical (unpaired) electrons. The van der Waals surface area contributed by atoms with Gasteiger partial charge in [-0.25, -0.2) is 8.42 Å². The maximum Gasteiger partial charge on any atom is 0.244 e. The normalized spacial score (nSPS) is 12.3. The monoisotopic (exact) mass is 597 g/mol. The average Bonchev–Trinajstić information content (AvgIpc) is 2.88. The van der Waals surface area contributed by atoms with E-state index in [1.165, 1.54) is 24.0 Å². The Hall–Kier alpha value is -3.69. The molecule has 3 aromatic carbocycles. The molecule has 0 aliphatic heterocycles. The second-order valence-corrected chi connectivity index (χ2v) is 13.3. The molecule has 1 unspecified atom stereocenters. The maximum atomic E-state index is 14.1. The van der Waals surface area contributed by atoms with Gasteiger partial charge in [-0.3, -0.25) is 18.7 Å². The van der Waals surface area contributed by atoms with Gasteiger partial charge in [-0.15, -0.1) is 0 Å². The van der Waals surface area contributed by atoms with E-state index in [2.05, 4.69) is 5.32 Å². The zero-order chi connectivity index (χ0) is 30.4. The number of carbonyl (C=O) groups is 3. The fraction of sp³-hybridized carbons (Fsp3) is 0.323. The predicted octanol–water partition coefficient (Wildman–Crippen LogP) is 4.86. The summed E-state index contributed by atoms with van der Waals surface area (Å²) in [5, 5.41) is 3.44. The van der Waals surface area contributed by atoms with Gasteiger partial charge in [0.1, 0.15) is 12.6 Å². The van der Waals surface area contributed by atoms with Crippen LogP contribution in [0.1, 0.15) is 49.2 Å². The molecular weight excluding hydrogens is 562 g/mol. The van der Waals surface area contributed by atoms with Crippen molar-refractivity contribution in [2.75, 3.05) is 17.1 Å². The van der Waals surface area contributed by atoms with E-state index >= 15 is 0 Å². The number of hydrogen-bond acceptors (Lipinski definition) is 5. The van der Waals surface area contributed by atoms with Crippen LogP contribution in [0.5, 0.6) is 0 Å². The summed E-state index contributed by atoms with van der Waals surface area (Å²) in [7, 11) is -3.95. The van der Waals surface area contributed by atoms with Crippen molar-refractivity contribution in [3.05, 3.63) is 101 Å². The number of rotatable bonds is 11. The quantitative estimate of drug-likeness (QED) is 0.318. The number of sulfonamides is 1. The summed E-state index contributed by atoms with van der Waals surface area (Å²) >= 11 is 6.23. The number of halogens is 1. The van der Waals surface area contributed by atoms with Crippen LogP contribution in [-0.4, -0.2) is 55.3 Å². The van der Waals surface area contributed by atoms with Crippen LogP contribution in [0, 0.1) is 0 Å². The number of carbonyl (C=O) groups excluding carboxylic acids is 3. The molecule has 0 heterocycles. The molecule has 10 heteroatoms. The SMILES string of the molecule is CC(=O)c1cccc(N(CC(=O)N(Cc2cccc(Cl)c2)C(Cc2ccccc2)C(=O)NC(C)(C)C)S(C)(=O)=O)c1. The first-order chi connectivity index (χ1) is 19.1. The lowest BCUT2D eigenvalue weighted by atomic mass is 10.0. The second kappa shape index (κ2) is 13.3. The number of nitrogens with zero attached hydrogens (tertiary/aromatic N) is 2. The van der Waals surface area contributed by atoms with Crippen molar-refractivity contribution in [1.29, 1.82) is 0 Å². The van der Waals surface area contributed by atoms with E-state index in [4.69, 9.17) is 11.6 Å². The Morgan fingerprint density at radius 2 is 1.54 bits per heavy atom. The molecule has 1 N–H and O–H groups in total. The number of hydrogen-bond donors (Lipinski definition) is 1. The molecule has 3 aromatic rings. The summed E-state index contributed by atoms with van der Waals surface area (Å²) in [4.78, 5) is 41.2. The lowest BCUT2D eigenvalue weighted by molar-refractivity contribution is -0.140. The third-order valence-corrected chi connectivity index (χ3v) is 7.61. The van der Waals surface area contributed by atoms with Crippen LogP contribution in [-0.2, 0) is 32.6 Å². The first-order valence-corrected chi connectivity index (χ1v) is 15.4. The molecule has 0 bridgehead atoms. The van der Waals surface area contributed by atoms with E-state index in [0.29, 0.717) is 16.1 Å². The Morgan fingerprint density at radius 3 is 2.12 bits per heavy atom. The van der Waals surface area contributed by atoms with Crippen molar-refractivity contribution in [3.8, 4) is 0 Å². The number of amides is 2. The summed E-state index contributed by atoms with van der Waals surface area (Å²) < 4.78 is 26.8. The summed E-state index contributed by atoms with van der Waals surface area (Å²) in [6, 6.07) is 21.4. The molecule has 0 saturated carbocycles. The molecule has 2 amide bonds.